The van der Waals surface area contributed by atoms with Crippen molar-refractivity contribution in [2.45, 2.75) is 218 Å². The van der Waals surface area contributed by atoms with Crippen molar-refractivity contribution in [1.82, 2.24) is 67.7 Å². The van der Waals surface area contributed by atoms with E-state index in [1.54, 1.807) is 45.2 Å². The van der Waals surface area contributed by atoms with Gasteiger partial charge >= 0.3 is 0 Å². The minimum Gasteiger partial charge on any atom is -0.508 e. The number of likely N-dealkylation sites (N-methyl/N-ethyl adjacent to an activating group) is 1. The van der Waals surface area contributed by atoms with Gasteiger partial charge in [0.15, 0.2) is 5.96 Å². The van der Waals surface area contributed by atoms with Crippen molar-refractivity contribution in [3.05, 3.63) is 84.1 Å². The number of likely N-dealkylation sites (tertiary alicyclic amines) is 1. The number of aromatic hydroxyl groups is 1. The summed E-state index contributed by atoms with van der Waals surface area (Å²) in [5, 5.41) is 45.9. The fourth-order valence-corrected chi connectivity index (χ4v) is 12.5. The van der Waals surface area contributed by atoms with Crippen molar-refractivity contribution < 1.29 is 71.1 Å². The monoisotopic (exact) mass is 1430 g/mol. The number of nitrogens with one attached hydrogen (secondary N) is 11. The van der Waals surface area contributed by atoms with Gasteiger partial charge in [-0.2, -0.15) is 8.42 Å². The van der Waals surface area contributed by atoms with E-state index in [2.05, 4.69) is 74.7 Å². The second-order valence-electron chi connectivity index (χ2n) is 26.5. The number of fused-ring (bicyclic) bond motifs is 1. The summed E-state index contributed by atoms with van der Waals surface area (Å²) in [4.78, 5) is 155. The van der Waals surface area contributed by atoms with Crippen molar-refractivity contribution in [2.75, 3.05) is 32.0 Å². The lowest BCUT2D eigenvalue weighted by Gasteiger charge is -2.31. The third-order valence-corrected chi connectivity index (χ3v) is 18.0. The third-order valence-electron chi connectivity index (χ3n) is 17.2. The summed E-state index contributed by atoms with van der Waals surface area (Å²) in [6, 6.07) is 1.58. The average molecular weight is 1430 g/mol. The molecule has 2 fully saturated rings. The van der Waals surface area contributed by atoms with Crippen molar-refractivity contribution >= 4 is 86.1 Å². The number of phenolic OH excluding ortho intramolecular Hbond substituents is 1. The van der Waals surface area contributed by atoms with Gasteiger partial charge in [-0.05, 0) is 99.5 Å². The number of hydrogen-bond acceptors (Lipinski definition) is 16. The van der Waals surface area contributed by atoms with Crippen LogP contribution in [0.1, 0.15) is 161 Å². The van der Waals surface area contributed by atoms with E-state index in [-0.39, 0.29) is 112 Å². The normalized spacial score (nSPS) is 16.4. The molecule has 101 heavy (non-hydrogen) atoms. The van der Waals surface area contributed by atoms with E-state index in [4.69, 9.17) is 16.0 Å². The summed E-state index contributed by atoms with van der Waals surface area (Å²) in [6.07, 6.45) is 14.7. The van der Waals surface area contributed by atoms with Gasteiger partial charge in [-0.1, -0.05) is 110 Å². The van der Waals surface area contributed by atoms with E-state index < -0.39 is 118 Å². The molecule has 4 aromatic rings. The number of rotatable bonds is 41. The number of para-hydroxylation sites is 1. The number of aromatic nitrogens is 3. The standard InChI is InChI=1S/C59H84N16O12.C10H22O3S/c1-6-63-57(86)48-14-10-22-75(48)58(87)41(13-9-21-64-59(60)61)68-51(80)42(23-32(2)3)69-52(81)43(24-33(4)5)70-53(82)44(25-34-15-17-37(77)18-16-34)71-56(85)47(30-76)74-54(83)45(26-35-28-65-39-12-8-7-11-38(35)39)72-55(84)46(27-36-29-62-31-66-36)73-50(79)40-19-20-49(78)67-40;1-2-3-4-5-6-7-8-9-10-14(11,12)13/h7-8,11-12,15-18,28-29,31-33,40-48,65,76-77H,6,9-10,13-14,19-27,30H2,1-5H3,(H,62,66)(H,63,86)(H,67,78)(H,68,80)(H,69,81)(H,70,82)(H,71,85)(H,72,84)(H,73,79)(H,74,83)(H4,60,61,64);2-10H2,1H3,(H,11,12,13)/t40-,41-,42-,43+,44-,45-,46-,47-,48-;/m0./s1. The highest BCUT2D eigenvalue weighted by molar-refractivity contribution is 7.85. The molecular weight excluding hydrogens is 1320 g/mol. The number of guanidine groups is 1. The molecule has 0 radical (unpaired) electrons. The number of nitrogens with two attached hydrogens (primary N) is 2. The average Bonchev–Trinajstić information content (AvgIpc) is 1.77. The van der Waals surface area contributed by atoms with Crippen LogP contribution in [0.4, 0.5) is 0 Å². The minimum absolute atomic E-state index is 0.0397. The SMILES string of the molecule is CCCCCCCCCCS(=O)(=O)O.CCNC(=O)[C@@H]1CCCN1C(=O)[C@H](CCCN=C(N)N)NC(=O)[C@H](CC(C)C)NC(=O)[C@@H](CC(C)C)NC(=O)[C@H](Cc1ccc(O)cc1)NC(=O)[C@H](CO)NC(=O)[C@H](Cc1c[nH]c2ccccc12)NC(=O)[C@H](Cc1cnc[nH]1)NC(=O)[C@@H]1CCC(=O)N1. The van der Waals surface area contributed by atoms with Crippen LogP contribution in [0, 0.1) is 11.8 Å². The van der Waals surface area contributed by atoms with Gasteiger partial charge < -0.3 is 84.4 Å². The summed E-state index contributed by atoms with van der Waals surface area (Å²) in [7, 11) is -3.73. The number of aliphatic imine (C=N–C) groups is 1. The fourth-order valence-electron chi connectivity index (χ4n) is 11.9. The van der Waals surface area contributed by atoms with E-state index in [0.29, 0.717) is 48.0 Å². The van der Waals surface area contributed by atoms with Crippen LogP contribution in [0.5, 0.6) is 5.75 Å². The second kappa shape index (κ2) is 42.2. The Labute approximate surface area is 590 Å². The zero-order valence-electron chi connectivity index (χ0n) is 58.8. The maximum Gasteiger partial charge on any atom is 0.264 e. The van der Waals surface area contributed by atoms with Gasteiger partial charge in [-0.25, -0.2) is 4.98 Å². The second-order valence-corrected chi connectivity index (χ2v) is 28.1. The number of aliphatic hydroxyl groups is 1. The van der Waals surface area contributed by atoms with Gasteiger partial charge in [0, 0.05) is 74.3 Å². The highest BCUT2D eigenvalue weighted by Crippen LogP contribution is 2.23. The minimum atomic E-state index is -3.73. The summed E-state index contributed by atoms with van der Waals surface area (Å²) < 4.78 is 29.2. The molecule has 2 aromatic heterocycles. The van der Waals surface area contributed by atoms with Gasteiger partial charge in [0.2, 0.25) is 59.1 Å². The number of carbonyl (C=O) groups is 10. The van der Waals surface area contributed by atoms with E-state index in [1.807, 2.05) is 19.9 Å². The Morgan fingerprint density at radius 1 is 0.663 bits per heavy atom. The van der Waals surface area contributed by atoms with Crippen molar-refractivity contribution in [3.63, 3.8) is 0 Å². The number of hydrogen-bond donors (Lipinski definition) is 16. The number of imidazole rings is 1. The predicted octanol–water partition coefficient (Wildman–Crippen LogP) is 1.58. The molecule has 2 aliphatic rings. The maximum absolute atomic E-state index is 14.7. The summed E-state index contributed by atoms with van der Waals surface area (Å²) in [5.74, 6) is -7.63. The smallest absolute Gasteiger partial charge is 0.264 e. The molecule has 558 valence electrons. The van der Waals surface area contributed by atoms with Crippen LogP contribution in [-0.4, -0.2) is 194 Å². The van der Waals surface area contributed by atoms with Crippen molar-refractivity contribution in [1.29, 1.82) is 0 Å². The lowest BCUT2D eigenvalue weighted by atomic mass is 9.98. The zero-order valence-corrected chi connectivity index (χ0v) is 59.6. The molecule has 0 bridgehead atoms. The Hall–Kier alpha value is -9.17. The van der Waals surface area contributed by atoms with E-state index in [0.717, 1.165) is 18.4 Å². The summed E-state index contributed by atoms with van der Waals surface area (Å²) >= 11 is 0. The van der Waals surface area contributed by atoms with Crippen LogP contribution in [0.15, 0.2) is 72.2 Å². The zero-order chi connectivity index (χ0) is 74.2. The number of aromatic amines is 2. The number of phenols is 1. The third kappa shape index (κ3) is 28.8. The molecule has 4 heterocycles. The van der Waals surface area contributed by atoms with Gasteiger partial charge in [0.1, 0.15) is 60.1 Å². The molecule has 6 rings (SSSR count). The number of H-pyrrole nitrogens is 2. The Morgan fingerprint density at radius 3 is 1.77 bits per heavy atom. The first kappa shape index (κ1) is 82.5. The first-order chi connectivity index (χ1) is 48.1. The molecule has 9 atom stereocenters. The Morgan fingerprint density at radius 2 is 1.22 bits per heavy atom. The first-order valence-corrected chi connectivity index (χ1v) is 36.6. The van der Waals surface area contributed by atoms with Crippen LogP contribution in [0.2, 0.25) is 0 Å². The van der Waals surface area contributed by atoms with Crippen LogP contribution < -0.4 is 59.3 Å². The van der Waals surface area contributed by atoms with E-state index in [1.165, 1.54) is 73.8 Å². The number of nitrogens with zero attached hydrogens (tertiary/aromatic N) is 3. The van der Waals surface area contributed by atoms with Crippen LogP contribution in [0.3, 0.4) is 0 Å². The lowest BCUT2D eigenvalue weighted by molar-refractivity contribution is -0.142. The van der Waals surface area contributed by atoms with Gasteiger partial charge in [0.05, 0.1) is 18.7 Å². The van der Waals surface area contributed by atoms with Gasteiger partial charge in [-0.15, -0.1) is 0 Å². The molecule has 0 aliphatic carbocycles. The van der Waals surface area contributed by atoms with Crippen LogP contribution in [-0.2, 0) is 77.3 Å². The lowest BCUT2D eigenvalue weighted by Crippen LogP contribution is -2.61. The van der Waals surface area contributed by atoms with Crippen molar-refractivity contribution in [3.8, 4) is 5.75 Å². The topological polar surface area (TPSA) is 486 Å². The number of aliphatic hydroxyl groups excluding tert-OH is 1. The summed E-state index contributed by atoms with van der Waals surface area (Å²) in [6.45, 7) is 11.0. The molecule has 2 saturated heterocycles. The van der Waals surface area contributed by atoms with Crippen LogP contribution >= 0.6 is 0 Å². The summed E-state index contributed by atoms with van der Waals surface area (Å²) in [5.41, 5.74) is 13.3. The largest absolute Gasteiger partial charge is 0.508 e. The molecule has 0 unspecified atom stereocenters. The quantitative estimate of drug-likeness (QED) is 0.0130. The molecule has 31 nitrogen and oxygen atoms in total. The molecular formula is C69H106N16O15S. The Kier molecular flexibility index (Phi) is 34.4. The number of amides is 10. The fraction of sp³-hybridized carbons (Fsp3) is 0.594. The Balaban J connectivity index is 0.00000118. The number of benzene rings is 2. The molecule has 0 spiro atoms. The molecule has 18 N–H and O–H groups in total. The molecule has 2 aliphatic heterocycles. The van der Waals surface area contributed by atoms with Crippen LogP contribution in [0.25, 0.3) is 10.9 Å². The molecule has 2 aromatic carbocycles. The molecule has 32 heteroatoms. The van der Waals surface area contributed by atoms with Gasteiger partial charge in [0.25, 0.3) is 10.1 Å². The molecule has 10 amide bonds. The van der Waals surface area contributed by atoms with Crippen molar-refractivity contribution in [2.24, 2.45) is 28.3 Å². The van der Waals surface area contributed by atoms with E-state index >= 15 is 0 Å². The van der Waals surface area contributed by atoms with E-state index in [9.17, 15) is 66.6 Å². The maximum atomic E-state index is 14.7. The number of carbonyl (C=O) groups excluding carboxylic acids is 10. The molecule has 0 saturated carbocycles. The van der Waals surface area contributed by atoms with Gasteiger partial charge in [-0.3, -0.25) is 57.5 Å². The predicted molar refractivity (Wildman–Crippen MR) is 379 cm³/mol. The highest BCUT2D eigenvalue weighted by atomic mass is 32.2. The first-order valence-electron chi connectivity index (χ1n) is 35.0. The highest BCUT2D eigenvalue weighted by Gasteiger charge is 2.40. The Bertz CT molecular complexity index is 3490. The number of unbranched alkanes of at least 4 members (excludes halogenated alkanes) is 7.